The third-order valence-electron chi connectivity index (χ3n) is 1.93. The number of benzene rings is 1. The van der Waals surface area contributed by atoms with Crippen LogP contribution in [0, 0.1) is 24.6 Å². The van der Waals surface area contributed by atoms with Gasteiger partial charge < -0.3 is 5.73 Å². The molecule has 0 atom stereocenters. The molecule has 0 unspecified atom stereocenters. The number of carbonyl (C=O) groups excluding carboxylic acids is 1. The van der Waals surface area contributed by atoms with Crippen LogP contribution in [0.1, 0.15) is 18.1 Å². The third kappa shape index (κ3) is 3.59. The summed E-state index contributed by atoms with van der Waals surface area (Å²) in [7, 11) is 0. The molecule has 0 saturated heterocycles. The van der Waals surface area contributed by atoms with E-state index >= 15 is 0 Å². The summed E-state index contributed by atoms with van der Waals surface area (Å²) in [5, 5.41) is -0.00167. The first-order chi connectivity index (χ1) is 7.50. The van der Waals surface area contributed by atoms with Crippen LogP contribution >= 0.6 is 11.8 Å². The van der Waals surface area contributed by atoms with Crippen LogP contribution in [0.4, 0.5) is 10.1 Å². The topological polar surface area (TPSA) is 43.1 Å². The van der Waals surface area contributed by atoms with Gasteiger partial charge in [-0.15, -0.1) is 0 Å². The second kappa shape index (κ2) is 5.57. The van der Waals surface area contributed by atoms with Gasteiger partial charge in [0, 0.05) is 12.6 Å². The molecule has 0 heterocycles. The predicted octanol–water partition coefficient (Wildman–Crippen LogP) is 2.35. The summed E-state index contributed by atoms with van der Waals surface area (Å²) < 4.78 is 13.4. The molecule has 2 nitrogen and oxygen atoms in total. The van der Waals surface area contributed by atoms with Crippen LogP contribution in [0.5, 0.6) is 0 Å². The Kier molecular flexibility index (Phi) is 4.39. The highest BCUT2D eigenvalue weighted by atomic mass is 32.2. The average Bonchev–Trinajstić information content (AvgIpc) is 2.19. The van der Waals surface area contributed by atoms with Gasteiger partial charge in [0.05, 0.1) is 11.3 Å². The summed E-state index contributed by atoms with van der Waals surface area (Å²) >= 11 is 1.10. The van der Waals surface area contributed by atoms with Gasteiger partial charge in [0.15, 0.2) is 5.12 Å². The van der Waals surface area contributed by atoms with E-state index in [9.17, 15) is 9.18 Å². The lowest BCUT2D eigenvalue weighted by atomic mass is 10.1. The van der Waals surface area contributed by atoms with Crippen LogP contribution < -0.4 is 5.73 Å². The fraction of sp³-hybridized carbons (Fsp3) is 0.250. The number of thioether (sulfide) groups is 1. The van der Waals surface area contributed by atoms with Crippen molar-refractivity contribution in [3.05, 3.63) is 29.1 Å². The van der Waals surface area contributed by atoms with E-state index in [1.165, 1.54) is 19.1 Å². The van der Waals surface area contributed by atoms with E-state index in [0.29, 0.717) is 17.0 Å². The van der Waals surface area contributed by atoms with E-state index in [0.717, 1.165) is 11.8 Å². The number of anilines is 1. The molecule has 84 valence electrons. The van der Waals surface area contributed by atoms with Crippen molar-refractivity contribution in [2.24, 2.45) is 0 Å². The number of halogens is 1. The zero-order valence-electron chi connectivity index (χ0n) is 9.13. The molecule has 1 aromatic carbocycles. The van der Waals surface area contributed by atoms with Gasteiger partial charge in [-0.3, -0.25) is 4.79 Å². The maximum atomic E-state index is 13.4. The van der Waals surface area contributed by atoms with Crippen LogP contribution in [0.25, 0.3) is 0 Å². The molecule has 0 radical (unpaired) electrons. The number of rotatable bonds is 1. The fourth-order valence-corrected chi connectivity index (χ4v) is 1.40. The van der Waals surface area contributed by atoms with Gasteiger partial charge in [-0.25, -0.2) is 4.39 Å². The fourth-order valence-electron chi connectivity index (χ4n) is 1.05. The normalized spacial score (nSPS) is 9.44. The molecule has 4 heteroatoms. The quantitative estimate of drug-likeness (QED) is 0.602. The maximum Gasteiger partial charge on any atom is 0.186 e. The number of nitrogens with two attached hydrogens (primary N) is 1. The standard InChI is InChI=1S/C12H12FNOS/c1-8-6-11(13)10(7-12(8)14)4-3-5-16-9(2)15/h6-7H,5,14H2,1-2H3. The predicted molar refractivity (Wildman–Crippen MR) is 65.6 cm³/mol. The second-order valence-electron chi connectivity index (χ2n) is 3.27. The van der Waals surface area contributed by atoms with Gasteiger partial charge >= 0.3 is 0 Å². The molecule has 0 aromatic heterocycles. The van der Waals surface area contributed by atoms with Gasteiger partial charge in [0.1, 0.15) is 5.82 Å². The molecule has 0 fully saturated rings. The highest BCUT2D eigenvalue weighted by molar-refractivity contribution is 8.13. The first-order valence-electron chi connectivity index (χ1n) is 4.68. The highest BCUT2D eigenvalue weighted by Gasteiger charge is 2.02. The van der Waals surface area contributed by atoms with E-state index in [-0.39, 0.29) is 16.5 Å². The summed E-state index contributed by atoms with van der Waals surface area (Å²) in [5.41, 5.74) is 7.13. The molecule has 0 aliphatic carbocycles. The Morgan fingerprint density at radius 2 is 2.25 bits per heavy atom. The van der Waals surface area contributed by atoms with Gasteiger partial charge in [0.2, 0.25) is 0 Å². The van der Waals surface area contributed by atoms with Crippen LogP contribution in [0.2, 0.25) is 0 Å². The first kappa shape index (κ1) is 12.6. The Balaban J connectivity index is 2.81. The highest BCUT2D eigenvalue weighted by Crippen LogP contribution is 2.16. The Labute approximate surface area is 98.4 Å². The SMILES string of the molecule is CC(=O)SCC#Cc1cc(N)c(C)cc1F. The molecule has 0 bridgehead atoms. The van der Waals surface area contributed by atoms with Crippen molar-refractivity contribution in [3.63, 3.8) is 0 Å². The van der Waals surface area contributed by atoms with Crippen LogP contribution in [0.15, 0.2) is 12.1 Å². The molecular formula is C12H12FNOS. The number of carbonyl (C=O) groups is 1. The zero-order chi connectivity index (χ0) is 12.1. The van der Waals surface area contributed by atoms with Crippen molar-refractivity contribution < 1.29 is 9.18 Å². The molecule has 0 aliphatic rings. The van der Waals surface area contributed by atoms with Crippen LogP contribution in [-0.2, 0) is 4.79 Å². The summed E-state index contributed by atoms with van der Waals surface area (Å²) in [4.78, 5) is 10.6. The molecule has 16 heavy (non-hydrogen) atoms. The van der Waals surface area contributed by atoms with Crippen molar-refractivity contribution in [2.45, 2.75) is 13.8 Å². The van der Waals surface area contributed by atoms with Crippen molar-refractivity contribution in [1.29, 1.82) is 0 Å². The first-order valence-corrected chi connectivity index (χ1v) is 5.67. The van der Waals surface area contributed by atoms with Gasteiger partial charge in [-0.1, -0.05) is 23.6 Å². The minimum Gasteiger partial charge on any atom is -0.398 e. The van der Waals surface area contributed by atoms with E-state index in [4.69, 9.17) is 5.73 Å². The van der Waals surface area contributed by atoms with E-state index in [1.807, 2.05) is 0 Å². The van der Waals surface area contributed by atoms with Crippen molar-refractivity contribution >= 4 is 22.6 Å². The number of hydrogen-bond acceptors (Lipinski definition) is 3. The van der Waals surface area contributed by atoms with Crippen LogP contribution in [0.3, 0.4) is 0 Å². The Hall–Kier alpha value is -1.47. The summed E-state index contributed by atoms with van der Waals surface area (Å²) in [5.74, 6) is 5.36. The molecule has 0 aliphatic heterocycles. The molecule has 1 aromatic rings. The average molecular weight is 237 g/mol. The zero-order valence-corrected chi connectivity index (χ0v) is 9.95. The number of hydrogen-bond donors (Lipinski definition) is 1. The van der Waals surface area contributed by atoms with Crippen molar-refractivity contribution in [2.75, 3.05) is 11.5 Å². The Morgan fingerprint density at radius 1 is 1.56 bits per heavy atom. The van der Waals surface area contributed by atoms with E-state index < -0.39 is 0 Å². The van der Waals surface area contributed by atoms with Crippen molar-refractivity contribution in [1.82, 2.24) is 0 Å². The minimum absolute atomic E-state index is 0.00167. The van der Waals surface area contributed by atoms with Crippen LogP contribution in [-0.4, -0.2) is 10.9 Å². The van der Waals surface area contributed by atoms with Gasteiger partial charge in [-0.2, -0.15) is 0 Å². The third-order valence-corrected chi connectivity index (χ3v) is 2.62. The summed E-state index contributed by atoms with van der Waals surface area (Å²) in [6.07, 6.45) is 0. The van der Waals surface area contributed by atoms with E-state index in [2.05, 4.69) is 11.8 Å². The lowest BCUT2D eigenvalue weighted by Gasteiger charge is -2.01. The molecular weight excluding hydrogens is 225 g/mol. The lowest BCUT2D eigenvalue weighted by molar-refractivity contribution is -0.109. The maximum absolute atomic E-state index is 13.4. The second-order valence-corrected chi connectivity index (χ2v) is 4.42. The van der Waals surface area contributed by atoms with Gasteiger partial charge in [-0.05, 0) is 24.6 Å². The Bertz CT molecular complexity index is 474. The molecule has 2 N–H and O–H groups in total. The number of aryl methyl sites for hydroxylation is 1. The Morgan fingerprint density at radius 3 is 2.88 bits per heavy atom. The molecule has 0 saturated carbocycles. The minimum atomic E-state index is -0.382. The smallest absolute Gasteiger partial charge is 0.186 e. The summed E-state index contributed by atoms with van der Waals surface area (Å²) in [6, 6.07) is 2.87. The van der Waals surface area contributed by atoms with E-state index in [1.54, 1.807) is 6.92 Å². The molecule has 0 spiro atoms. The largest absolute Gasteiger partial charge is 0.398 e. The summed E-state index contributed by atoms with van der Waals surface area (Å²) in [6.45, 7) is 3.21. The van der Waals surface area contributed by atoms with Crippen molar-refractivity contribution in [3.8, 4) is 11.8 Å². The molecule has 1 rings (SSSR count). The van der Waals surface area contributed by atoms with Gasteiger partial charge in [0.25, 0.3) is 0 Å². The lowest BCUT2D eigenvalue weighted by Crippen LogP contribution is -1.94. The molecule has 0 amide bonds. The monoisotopic (exact) mass is 237 g/mol. The number of nitrogen functional groups attached to an aromatic ring is 1.